The topological polar surface area (TPSA) is 97.1 Å². The van der Waals surface area contributed by atoms with Gasteiger partial charge in [0, 0.05) is 43.3 Å². The smallest absolute Gasteiger partial charge is 0.234 e. The van der Waals surface area contributed by atoms with Crippen molar-refractivity contribution in [1.82, 2.24) is 14.5 Å². The molecule has 1 aliphatic heterocycles. The lowest BCUT2D eigenvalue weighted by molar-refractivity contribution is 0.0381. The number of halogens is 1. The van der Waals surface area contributed by atoms with Crippen molar-refractivity contribution in [3.63, 3.8) is 0 Å². The first-order valence-corrected chi connectivity index (χ1v) is 18.3. The second kappa shape index (κ2) is 14.5. The monoisotopic (exact) mass is 694 g/mol. The molecule has 9 nitrogen and oxygen atoms in total. The molecule has 1 N–H and O–H groups in total. The number of hydrogen-bond donors (Lipinski definition) is 1. The van der Waals surface area contributed by atoms with Gasteiger partial charge in [-0.3, -0.25) is 14.2 Å². The fourth-order valence-electron chi connectivity index (χ4n) is 6.62. The van der Waals surface area contributed by atoms with Crippen molar-refractivity contribution < 1.29 is 27.4 Å². The van der Waals surface area contributed by atoms with Crippen molar-refractivity contribution in [2.75, 3.05) is 50.0 Å². The molecule has 0 unspecified atom stereocenters. The average molecular weight is 695 g/mol. The molecule has 0 atom stereocenters. The highest BCUT2D eigenvalue weighted by molar-refractivity contribution is 7.92. The molecule has 0 saturated carbocycles. The molecule has 6 aromatic rings. The fourth-order valence-corrected chi connectivity index (χ4v) is 7.87. The van der Waals surface area contributed by atoms with E-state index in [9.17, 15) is 17.9 Å². The molecule has 1 saturated heterocycles. The zero-order valence-corrected chi connectivity index (χ0v) is 28.6. The molecule has 0 spiro atoms. The molecule has 2 aromatic heterocycles. The molecule has 0 aliphatic carbocycles. The maximum atomic E-state index is 14.0. The van der Waals surface area contributed by atoms with Crippen molar-refractivity contribution in [3.8, 4) is 11.6 Å². The van der Waals surface area contributed by atoms with Crippen molar-refractivity contribution in [2.45, 2.75) is 19.1 Å². The van der Waals surface area contributed by atoms with Crippen LogP contribution < -0.4 is 9.04 Å². The van der Waals surface area contributed by atoms with Crippen LogP contribution in [0.3, 0.4) is 0 Å². The van der Waals surface area contributed by atoms with E-state index in [2.05, 4.69) is 4.90 Å². The van der Waals surface area contributed by atoms with Gasteiger partial charge in [0.2, 0.25) is 15.9 Å². The Morgan fingerprint density at radius 3 is 2.24 bits per heavy atom. The van der Waals surface area contributed by atoms with Gasteiger partial charge in [0.15, 0.2) is 5.75 Å². The number of rotatable bonds is 12. The van der Waals surface area contributed by atoms with Gasteiger partial charge >= 0.3 is 0 Å². The van der Waals surface area contributed by atoms with Crippen LogP contribution in [0.4, 0.5) is 10.1 Å². The van der Waals surface area contributed by atoms with Gasteiger partial charge in [-0.1, -0.05) is 72.8 Å². The fraction of sp³-hybridized carbons (Fsp3) is 0.256. The van der Waals surface area contributed by atoms with Gasteiger partial charge in [-0.2, -0.15) is 0 Å². The maximum absolute atomic E-state index is 14.0. The second-order valence-electron chi connectivity index (χ2n) is 12.5. The first kappa shape index (κ1) is 33.5. The summed E-state index contributed by atoms with van der Waals surface area (Å²) in [6.45, 7) is 3.71. The van der Waals surface area contributed by atoms with E-state index in [0.29, 0.717) is 59.3 Å². The third kappa shape index (κ3) is 6.89. The van der Waals surface area contributed by atoms with Gasteiger partial charge in [-0.05, 0) is 53.9 Å². The van der Waals surface area contributed by atoms with Gasteiger partial charge in [-0.25, -0.2) is 12.8 Å². The Labute approximate surface area is 291 Å². The van der Waals surface area contributed by atoms with E-state index in [0.717, 1.165) is 29.8 Å². The number of benzene rings is 4. The number of anilines is 1. The molecule has 258 valence electrons. The standard InChI is InChI=1S/C39H39FN4O5S/c1-42(50(46,47)25-9-20-43-21-23-48-24-22-43)36-32-14-8-19-41-35(32)38(49-37(29-10-4-2-5-11-29)30-12-6-3-7-13-30)34-33(36)27-44(39(34)45)26-28-15-17-31(40)18-16-28/h2-8,10-19,27,37,45H,9,20-26H2,1H3. The summed E-state index contributed by atoms with van der Waals surface area (Å²) in [7, 11) is -2.26. The van der Waals surface area contributed by atoms with Gasteiger partial charge in [0.25, 0.3) is 0 Å². The normalized spacial score (nSPS) is 14.1. The predicted molar refractivity (Wildman–Crippen MR) is 194 cm³/mol. The largest absolute Gasteiger partial charge is 0.494 e. The van der Waals surface area contributed by atoms with E-state index in [1.54, 1.807) is 42.2 Å². The number of nitrogens with zero attached hydrogens (tertiary/aromatic N) is 4. The molecule has 1 fully saturated rings. The van der Waals surface area contributed by atoms with E-state index in [1.807, 2.05) is 66.7 Å². The van der Waals surface area contributed by atoms with Crippen molar-refractivity contribution in [2.24, 2.45) is 0 Å². The molecule has 0 bridgehead atoms. The van der Waals surface area contributed by atoms with E-state index >= 15 is 0 Å². The molecule has 1 aliphatic rings. The van der Waals surface area contributed by atoms with Crippen LogP contribution in [0, 0.1) is 5.82 Å². The minimum absolute atomic E-state index is 0.0608. The number of sulfonamides is 1. The minimum atomic E-state index is -3.81. The Morgan fingerprint density at radius 2 is 1.58 bits per heavy atom. The lowest BCUT2D eigenvalue weighted by Gasteiger charge is -2.27. The molecule has 11 heteroatoms. The summed E-state index contributed by atoms with van der Waals surface area (Å²) >= 11 is 0. The van der Waals surface area contributed by atoms with E-state index in [1.165, 1.54) is 16.4 Å². The molecule has 0 radical (unpaired) electrons. The third-order valence-electron chi connectivity index (χ3n) is 9.23. The van der Waals surface area contributed by atoms with Crippen LogP contribution in [-0.2, 0) is 21.3 Å². The zero-order chi connectivity index (χ0) is 34.7. The number of morpholine rings is 1. The minimum Gasteiger partial charge on any atom is -0.494 e. The Bertz CT molecular complexity index is 2150. The highest BCUT2D eigenvalue weighted by Crippen LogP contribution is 2.49. The second-order valence-corrected chi connectivity index (χ2v) is 14.6. The summed E-state index contributed by atoms with van der Waals surface area (Å²) in [5.41, 5.74) is 3.35. The molecular weight excluding hydrogens is 656 g/mol. The van der Waals surface area contributed by atoms with E-state index in [-0.39, 0.29) is 24.0 Å². The SMILES string of the molecule is CN(c1c2cccnc2c(OC(c2ccccc2)c2ccccc2)c2c(O)n(Cc3ccc(F)cc3)cc12)S(=O)(=O)CCCN1CCOCC1. The van der Waals surface area contributed by atoms with Gasteiger partial charge in [0.05, 0.1) is 36.6 Å². The van der Waals surface area contributed by atoms with Crippen LogP contribution in [0.15, 0.2) is 109 Å². The Balaban J connectivity index is 1.38. The van der Waals surface area contributed by atoms with Crippen molar-refractivity contribution in [3.05, 3.63) is 132 Å². The Morgan fingerprint density at radius 1 is 0.920 bits per heavy atom. The van der Waals surface area contributed by atoms with E-state index < -0.39 is 16.1 Å². The number of hydrogen-bond acceptors (Lipinski definition) is 7. The summed E-state index contributed by atoms with van der Waals surface area (Å²) in [4.78, 5) is 6.95. The van der Waals surface area contributed by atoms with Crippen LogP contribution in [0.25, 0.3) is 21.7 Å². The molecule has 50 heavy (non-hydrogen) atoms. The average Bonchev–Trinajstić information content (AvgIpc) is 3.46. The first-order chi connectivity index (χ1) is 24.3. The number of pyridine rings is 1. The molecular formula is C39H39FN4O5S. The Hall–Kier alpha value is -4.97. The predicted octanol–water partition coefficient (Wildman–Crippen LogP) is 6.74. The maximum Gasteiger partial charge on any atom is 0.234 e. The lowest BCUT2D eigenvalue weighted by Crippen LogP contribution is -2.38. The van der Waals surface area contributed by atoms with Crippen LogP contribution in [0.1, 0.15) is 29.2 Å². The summed E-state index contributed by atoms with van der Waals surface area (Å²) in [5.74, 6) is -0.217. The Kier molecular flexibility index (Phi) is 9.71. The number of aromatic nitrogens is 2. The van der Waals surface area contributed by atoms with Crippen LogP contribution in [-0.4, -0.2) is 73.6 Å². The lowest BCUT2D eigenvalue weighted by atomic mass is 10.0. The van der Waals surface area contributed by atoms with Crippen LogP contribution in [0.5, 0.6) is 11.6 Å². The summed E-state index contributed by atoms with van der Waals surface area (Å²) in [6, 6.07) is 29.2. The molecule has 0 amide bonds. The third-order valence-corrected chi connectivity index (χ3v) is 11.1. The summed E-state index contributed by atoms with van der Waals surface area (Å²) in [5, 5.41) is 13.4. The summed E-state index contributed by atoms with van der Waals surface area (Å²) in [6.07, 6.45) is 3.26. The molecule has 3 heterocycles. The highest BCUT2D eigenvalue weighted by Gasteiger charge is 2.30. The van der Waals surface area contributed by atoms with Gasteiger partial charge < -0.3 is 19.1 Å². The number of aromatic hydroxyl groups is 1. The van der Waals surface area contributed by atoms with Crippen molar-refractivity contribution in [1.29, 1.82) is 0 Å². The summed E-state index contributed by atoms with van der Waals surface area (Å²) < 4.78 is 57.2. The van der Waals surface area contributed by atoms with Gasteiger partial charge in [-0.15, -0.1) is 0 Å². The zero-order valence-electron chi connectivity index (χ0n) is 27.8. The number of ether oxygens (including phenoxy) is 2. The van der Waals surface area contributed by atoms with Crippen LogP contribution in [0.2, 0.25) is 0 Å². The number of fused-ring (bicyclic) bond motifs is 2. The van der Waals surface area contributed by atoms with Gasteiger partial charge in [0.1, 0.15) is 17.4 Å². The molecule has 4 aromatic carbocycles. The first-order valence-electron chi connectivity index (χ1n) is 16.7. The quantitative estimate of drug-likeness (QED) is 0.152. The van der Waals surface area contributed by atoms with Crippen LogP contribution >= 0.6 is 0 Å². The van der Waals surface area contributed by atoms with E-state index in [4.69, 9.17) is 14.5 Å². The molecule has 7 rings (SSSR count). The van der Waals surface area contributed by atoms with Crippen molar-refractivity contribution >= 4 is 37.4 Å². The highest BCUT2D eigenvalue weighted by atomic mass is 32.2.